The van der Waals surface area contributed by atoms with E-state index in [9.17, 15) is 0 Å². The third-order valence-electron chi connectivity index (χ3n) is 7.38. The third kappa shape index (κ3) is 21.9. The van der Waals surface area contributed by atoms with Crippen LogP contribution in [-0.2, 0) is 33.2 Å². The first-order valence-electron chi connectivity index (χ1n) is 18.9. The van der Waals surface area contributed by atoms with E-state index in [0.717, 1.165) is 113 Å². The van der Waals surface area contributed by atoms with Gasteiger partial charge in [-0.25, -0.2) is 0 Å². The van der Waals surface area contributed by atoms with Crippen molar-refractivity contribution in [2.75, 3.05) is 40.0 Å². The van der Waals surface area contributed by atoms with Crippen molar-refractivity contribution in [1.82, 2.24) is 0 Å². The molecule has 0 amide bonds. The molecule has 7 heteroatoms. The number of hydrogen-bond donors (Lipinski definition) is 0. The Morgan fingerprint density at radius 1 is 0.400 bits per heavy atom. The van der Waals surface area contributed by atoms with Crippen LogP contribution in [0.1, 0.15) is 171 Å². The monoisotopic (exact) mass is 643 g/mol. The van der Waals surface area contributed by atoms with E-state index in [1.165, 1.54) is 25.7 Å². The predicted molar refractivity (Wildman–Crippen MR) is 187 cm³/mol. The Bertz CT molecular complexity index is 648. The highest BCUT2D eigenvalue weighted by atomic mass is 16.7. The summed E-state index contributed by atoms with van der Waals surface area (Å²) in [5.74, 6) is 3.59. The molecule has 0 spiro atoms. The molecule has 0 saturated carbocycles. The molecule has 0 aromatic heterocycles. The second kappa shape index (κ2) is 32.5. The molecule has 7 nitrogen and oxygen atoms in total. The van der Waals surface area contributed by atoms with Gasteiger partial charge in [-0.2, -0.15) is 0 Å². The van der Waals surface area contributed by atoms with Crippen LogP contribution in [0.25, 0.3) is 0 Å². The molecular weight excluding hydrogens is 568 g/mol. The maximum absolute atomic E-state index is 6.39. The number of allylic oxidation sites excluding steroid dienone is 2. The summed E-state index contributed by atoms with van der Waals surface area (Å²) < 4.78 is 44.0. The van der Waals surface area contributed by atoms with E-state index in [2.05, 4.69) is 55.4 Å². The van der Waals surface area contributed by atoms with Crippen molar-refractivity contribution >= 4 is 0 Å². The highest BCUT2D eigenvalue weighted by Crippen LogP contribution is 2.27. The first kappa shape index (κ1) is 43.6. The third-order valence-corrected chi connectivity index (χ3v) is 7.38. The van der Waals surface area contributed by atoms with Crippen LogP contribution in [0.4, 0.5) is 0 Å². The van der Waals surface area contributed by atoms with Gasteiger partial charge in [0.15, 0.2) is 25.1 Å². The summed E-state index contributed by atoms with van der Waals surface area (Å²) in [6.45, 7) is 20.3. The number of unbranched alkanes of at least 4 members (excludes halogenated alkanes) is 6. The topological polar surface area (TPSA) is 64.6 Å². The van der Waals surface area contributed by atoms with Crippen molar-refractivity contribution in [3.05, 3.63) is 23.0 Å². The van der Waals surface area contributed by atoms with Gasteiger partial charge in [-0.1, -0.05) is 107 Å². The summed E-state index contributed by atoms with van der Waals surface area (Å²) in [6.07, 6.45) is 17.9. The summed E-state index contributed by atoms with van der Waals surface area (Å²) in [4.78, 5) is 0. The van der Waals surface area contributed by atoms with Crippen molar-refractivity contribution in [2.24, 2.45) is 0 Å². The average molecular weight is 643 g/mol. The molecule has 0 aliphatic carbocycles. The first-order valence-corrected chi connectivity index (χ1v) is 18.9. The quantitative estimate of drug-likeness (QED) is 0.0393. The average Bonchev–Trinajstić information content (AvgIpc) is 3.05. The van der Waals surface area contributed by atoms with Crippen molar-refractivity contribution in [3.8, 4) is 0 Å². The minimum Gasteiger partial charge on any atom is -0.494 e. The Kier molecular flexibility index (Phi) is 31.5. The second-order valence-corrected chi connectivity index (χ2v) is 11.9. The van der Waals surface area contributed by atoms with Crippen LogP contribution in [0.2, 0.25) is 0 Å². The van der Waals surface area contributed by atoms with Gasteiger partial charge in [0.2, 0.25) is 0 Å². The number of ether oxygens (including phenoxy) is 7. The lowest BCUT2D eigenvalue weighted by molar-refractivity contribution is -0.167. The van der Waals surface area contributed by atoms with Gasteiger partial charge in [0.25, 0.3) is 0 Å². The Morgan fingerprint density at radius 2 is 0.756 bits per heavy atom. The SMILES string of the molecule is CCCCCC(OCCC)=C(OCCC)C(CCCC)OCOCOC(CCCC)C(OCCC)=C(CCCCC)OCCC. The standard InChI is InChI=1S/C38H74O7/c1-9-17-21-25-33(40-27-13-5)37(42-29-15-7)35(23-19-11-3)44-31-39-32-45-36(24-20-12-4)38(43-30-16-8)34(41-28-14-6)26-22-18-10-2/h35-36H,9-32H2,1-8H3. The zero-order chi connectivity index (χ0) is 33.4. The van der Waals surface area contributed by atoms with Gasteiger partial charge < -0.3 is 33.2 Å². The fraction of sp³-hybridized carbons (Fsp3) is 0.895. The Hall–Kier alpha value is -1.44. The van der Waals surface area contributed by atoms with Gasteiger partial charge >= 0.3 is 0 Å². The van der Waals surface area contributed by atoms with E-state index < -0.39 is 0 Å². The largest absolute Gasteiger partial charge is 0.494 e. The lowest BCUT2D eigenvalue weighted by atomic mass is 10.1. The Morgan fingerprint density at radius 3 is 1.09 bits per heavy atom. The van der Waals surface area contributed by atoms with Gasteiger partial charge in [0.1, 0.15) is 23.7 Å². The van der Waals surface area contributed by atoms with E-state index >= 15 is 0 Å². The van der Waals surface area contributed by atoms with Gasteiger partial charge in [-0.05, 0) is 51.4 Å². The van der Waals surface area contributed by atoms with Gasteiger partial charge in [-0.15, -0.1) is 0 Å². The summed E-state index contributed by atoms with van der Waals surface area (Å²) >= 11 is 0. The molecule has 45 heavy (non-hydrogen) atoms. The van der Waals surface area contributed by atoms with E-state index in [0.29, 0.717) is 26.4 Å². The molecule has 0 fully saturated rings. The molecule has 0 heterocycles. The molecule has 0 saturated heterocycles. The predicted octanol–water partition coefficient (Wildman–Crippen LogP) is 11.4. The summed E-state index contributed by atoms with van der Waals surface area (Å²) in [5.41, 5.74) is 0. The number of hydrogen-bond acceptors (Lipinski definition) is 7. The summed E-state index contributed by atoms with van der Waals surface area (Å²) in [7, 11) is 0. The van der Waals surface area contributed by atoms with Crippen LogP contribution in [0.5, 0.6) is 0 Å². The first-order chi connectivity index (χ1) is 22.1. The molecule has 0 N–H and O–H groups in total. The molecule has 0 aliphatic rings. The smallest absolute Gasteiger partial charge is 0.162 e. The van der Waals surface area contributed by atoms with E-state index in [1.54, 1.807) is 0 Å². The Balaban J connectivity index is 5.83. The van der Waals surface area contributed by atoms with Crippen molar-refractivity contribution in [1.29, 1.82) is 0 Å². The lowest BCUT2D eigenvalue weighted by Gasteiger charge is -2.26. The normalized spacial score (nSPS) is 14.0. The van der Waals surface area contributed by atoms with Crippen molar-refractivity contribution < 1.29 is 33.2 Å². The zero-order valence-corrected chi connectivity index (χ0v) is 31.0. The molecule has 0 aliphatic heterocycles. The van der Waals surface area contributed by atoms with Crippen LogP contribution in [0.15, 0.2) is 23.0 Å². The maximum Gasteiger partial charge on any atom is 0.162 e. The molecular formula is C38H74O7. The number of rotatable bonds is 34. The maximum atomic E-state index is 6.39. The van der Waals surface area contributed by atoms with E-state index in [-0.39, 0.29) is 25.8 Å². The van der Waals surface area contributed by atoms with Gasteiger partial charge in [0.05, 0.1) is 26.4 Å². The molecule has 0 aromatic rings. The van der Waals surface area contributed by atoms with E-state index in [1.807, 2.05) is 0 Å². The fourth-order valence-electron chi connectivity index (χ4n) is 4.84. The van der Waals surface area contributed by atoms with Gasteiger partial charge in [-0.3, -0.25) is 0 Å². The molecule has 2 unspecified atom stereocenters. The molecule has 0 bridgehead atoms. The summed E-state index contributed by atoms with van der Waals surface area (Å²) in [5, 5.41) is 0. The molecule has 0 aromatic carbocycles. The van der Waals surface area contributed by atoms with Crippen molar-refractivity contribution in [2.45, 2.75) is 183 Å². The molecule has 268 valence electrons. The molecule has 0 rings (SSSR count). The van der Waals surface area contributed by atoms with Crippen LogP contribution >= 0.6 is 0 Å². The Labute approximate surface area is 279 Å². The minimum absolute atomic E-state index is 0.119. The molecule has 2 atom stereocenters. The van der Waals surface area contributed by atoms with E-state index in [4.69, 9.17) is 33.2 Å². The van der Waals surface area contributed by atoms with Gasteiger partial charge in [0, 0.05) is 12.8 Å². The minimum atomic E-state index is -0.211. The lowest BCUT2D eigenvalue weighted by Crippen LogP contribution is -2.25. The van der Waals surface area contributed by atoms with Crippen LogP contribution in [0, 0.1) is 0 Å². The van der Waals surface area contributed by atoms with Crippen molar-refractivity contribution in [3.63, 3.8) is 0 Å². The fourth-order valence-corrected chi connectivity index (χ4v) is 4.84. The molecule has 0 radical (unpaired) electrons. The highest BCUT2D eigenvalue weighted by Gasteiger charge is 2.24. The second-order valence-electron chi connectivity index (χ2n) is 11.9. The van der Waals surface area contributed by atoms with Crippen LogP contribution in [-0.4, -0.2) is 52.2 Å². The summed E-state index contributed by atoms with van der Waals surface area (Å²) in [6, 6.07) is 0. The van der Waals surface area contributed by atoms with Crippen LogP contribution in [0.3, 0.4) is 0 Å². The zero-order valence-electron chi connectivity index (χ0n) is 31.0. The highest BCUT2D eigenvalue weighted by molar-refractivity contribution is 5.09. The van der Waals surface area contributed by atoms with Crippen LogP contribution < -0.4 is 0 Å².